The third-order valence-corrected chi connectivity index (χ3v) is 4.39. The van der Waals surface area contributed by atoms with E-state index in [1.54, 1.807) is 27.8 Å². The fourth-order valence-electron chi connectivity index (χ4n) is 3.61. The van der Waals surface area contributed by atoms with E-state index in [1.165, 1.54) is 64.2 Å². The molecule has 0 aliphatic carbocycles. The summed E-state index contributed by atoms with van der Waals surface area (Å²) in [6.45, 7) is 11.6. The van der Waals surface area contributed by atoms with Crippen LogP contribution in [0.3, 0.4) is 0 Å². The summed E-state index contributed by atoms with van der Waals surface area (Å²) >= 11 is 0. The van der Waals surface area contributed by atoms with Gasteiger partial charge in [-0.3, -0.25) is 0 Å². The zero-order chi connectivity index (χ0) is 15.7. The summed E-state index contributed by atoms with van der Waals surface area (Å²) in [6.07, 6.45) is 12.7. The molecule has 0 heteroatoms. The number of hydrogen-bond donors (Lipinski definition) is 0. The summed E-state index contributed by atoms with van der Waals surface area (Å²) < 4.78 is 0. The second-order valence-electron chi connectivity index (χ2n) is 6.38. The smallest absolute Gasteiger partial charge is 0.0276 e. The van der Waals surface area contributed by atoms with Crippen molar-refractivity contribution in [3.05, 3.63) is 33.9 Å². The van der Waals surface area contributed by atoms with E-state index in [9.17, 15) is 0 Å². The van der Waals surface area contributed by atoms with Crippen LogP contribution in [0.1, 0.15) is 94.5 Å². The van der Waals surface area contributed by atoms with Crippen LogP contribution >= 0.6 is 0 Å². The molecule has 0 fully saturated rings. The molecule has 120 valence electrons. The van der Waals surface area contributed by atoms with Gasteiger partial charge in [0, 0.05) is 0 Å². The fourth-order valence-corrected chi connectivity index (χ4v) is 3.61. The highest BCUT2D eigenvalue weighted by Crippen LogP contribution is 2.29. The lowest BCUT2D eigenvalue weighted by Crippen LogP contribution is -2.09. The van der Waals surface area contributed by atoms with Crippen molar-refractivity contribution in [1.29, 1.82) is 0 Å². The minimum atomic E-state index is 1.26. The normalized spacial score (nSPS) is 11.1. The molecule has 0 aliphatic heterocycles. The molecule has 0 aliphatic rings. The van der Waals surface area contributed by atoms with E-state index in [4.69, 9.17) is 0 Å². The van der Waals surface area contributed by atoms with Crippen LogP contribution in [0.4, 0.5) is 0 Å². The molecule has 0 amide bonds. The first-order valence-corrected chi connectivity index (χ1v) is 9.38. The quantitative estimate of drug-likeness (QED) is 0.464. The molecule has 0 bridgehead atoms. The standard InChI is InChI=1S/C21H36/c1-6-11-17-16-18(12-7-2)20(14-9-4)21(15-10-5)19(17)13-8-3/h16H,6-15H2,1-5H3. The van der Waals surface area contributed by atoms with Gasteiger partial charge in [-0.05, 0) is 59.9 Å². The molecule has 1 aromatic carbocycles. The van der Waals surface area contributed by atoms with Crippen LogP contribution in [0.2, 0.25) is 0 Å². The van der Waals surface area contributed by atoms with Gasteiger partial charge in [-0.1, -0.05) is 72.8 Å². The molecule has 0 unspecified atom stereocenters. The molecule has 0 heterocycles. The summed E-state index contributed by atoms with van der Waals surface area (Å²) in [5.74, 6) is 0. The second-order valence-corrected chi connectivity index (χ2v) is 6.38. The van der Waals surface area contributed by atoms with Gasteiger partial charge < -0.3 is 0 Å². The molecule has 0 radical (unpaired) electrons. The lowest BCUT2D eigenvalue weighted by Gasteiger charge is -2.22. The van der Waals surface area contributed by atoms with E-state index in [1.807, 2.05) is 0 Å². The Morgan fingerprint density at radius 2 is 0.810 bits per heavy atom. The minimum absolute atomic E-state index is 1.26. The Bertz CT molecular complexity index is 380. The molecular weight excluding hydrogens is 252 g/mol. The molecule has 0 saturated heterocycles. The Morgan fingerprint density at radius 1 is 0.476 bits per heavy atom. The van der Waals surface area contributed by atoms with Crippen molar-refractivity contribution in [3.8, 4) is 0 Å². The van der Waals surface area contributed by atoms with Crippen LogP contribution in [-0.2, 0) is 32.1 Å². The zero-order valence-electron chi connectivity index (χ0n) is 15.1. The summed E-state index contributed by atoms with van der Waals surface area (Å²) in [5.41, 5.74) is 8.47. The molecule has 0 nitrogen and oxygen atoms in total. The van der Waals surface area contributed by atoms with Gasteiger partial charge in [-0.2, -0.15) is 0 Å². The highest BCUT2D eigenvalue weighted by Gasteiger charge is 2.15. The third kappa shape index (κ3) is 4.87. The Kier molecular flexibility index (Phi) is 8.73. The van der Waals surface area contributed by atoms with Crippen LogP contribution in [-0.4, -0.2) is 0 Å². The highest BCUT2D eigenvalue weighted by atomic mass is 14.2. The lowest BCUT2D eigenvalue weighted by atomic mass is 9.83. The average Bonchev–Trinajstić information content (AvgIpc) is 2.47. The maximum absolute atomic E-state index is 2.57. The van der Waals surface area contributed by atoms with Gasteiger partial charge in [0.15, 0.2) is 0 Å². The molecule has 1 aromatic rings. The van der Waals surface area contributed by atoms with Gasteiger partial charge in [-0.25, -0.2) is 0 Å². The minimum Gasteiger partial charge on any atom is -0.0651 e. The second kappa shape index (κ2) is 10.0. The predicted octanol–water partition coefficient (Wildman–Crippen LogP) is 6.45. The van der Waals surface area contributed by atoms with E-state index >= 15 is 0 Å². The highest BCUT2D eigenvalue weighted by molar-refractivity contribution is 5.47. The van der Waals surface area contributed by atoms with Crippen molar-refractivity contribution in [2.24, 2.45) is 0 Å². The van der Waals surface area contributed by atoms with E-state index in [2.05, 4.69) is 40.7 Å². The van der Waals surface area contributed by atoms with Crippen LogP contribution in [0.5, 0.6) is 0 Å². The Morgan fingerprint density at radius 3 is 1.14 bits per heavy atom. The largest absolute Gasteiger partial charge is 0.0651 e. The van der Waals surface area contributed by atoms with Crippen molar-refractivity contribution in [3.63, 3.8) is 0 Å². The zero-order valence-corrected chi connectivity index (χ0v) is 15.1. The summed E-state index contributed by atoms with van der Waals surface area (Å²) in [5, 5.41) is 0. The molecule has 21 heavy (non-hydrogen) atoms. The van der Waals surface area contributed by atoms with E-state index in [0.29, 0.717) is 0 Å². The molecule has 0 saturated carbocycles. The summed E-state index contributed by atoms with van der Waals surface area (Å²) in [6, 6.07) is 2.57. The lowest BCUT2D eigenvalue weighted by molar-refractivity contribution is 0.781. The average molecular weight is 289 g/mol. The Balaban J connectivity index is 3.44. The topological polar surface area (TPSA) is 0 Å². The molecule has 0 atom stereocenters. The molecule has 0 spiro atoms. The first-order valence-electron chi connectivity index (χ1n) is 9.38. The summed E-state index contributed by atoms with van der Waals surface area (Å²) in [4.78, 5) is 0. The van der Waals surface area contributed by atoms with Crippen molar-refractivity contribution in [2.75, 3.05) is 0 Å². The van der Waals surface area contributed by atoms with Crippen LogP contribution in [0, 0.1) is 0 Å². The number of benzene rings is 1. The van der Waals surface area contributed by atoms with Gasteiger partial charge in [0.25, 0.3) is 0 Å². The van der Waals surface area contributed by atoms with E-state index < -0.39 is 0 Å². The molecular formula is C21H36. The maximum atomic E-state index is 2.57. The van der Waals surface area contributed by atoms with Crippen molar-refractivity contribution < 1.29 is 0 Å². The predicted molar refractivity (Wildman–Crippen MR) is 96.4 cm³/mol. The van der Waals surface area contributed by atoms with Gasteiger partial charge in [0.05, 0.1) is 0 Å². The molecule has 0 aromatic heterocycles. The first kappa shape index (κ1) is 18.3. The fraction of sp³-hybridized carbons (Fsp3) is 0.714. The van der Waals surface area contributed by atoms with Gasteiger partial charge in [-0.15, -0.1) is 0 Å². The van der Waals surface area contributed by atoms with Crippen LogP contribution in [0.25, 0.3) is 0 Å². The maximum Gasteiger partial charge on any atom is -0.0276 e. The van der Waals surface area contributed by atoms with Crippen molar-refractivity contribution in [2.45, 2.75) is 98.8 Å². The molecule has 0 N–H and O–H groups in total. The van der Waals surface area contributed by atoms with E-state index in [-0.39, 0.29) is 0 Å². The monoisotopic (exact) mass is 288 g/mol. The first-order chi connectivity index (χ1) is 10.2. The van der Waals surface area contributed by atoms with E-state index in [0.717, 1.165) is 0 Å². The number of rotatable bonds is 10. The van der Waals surface area contributed by atoms with Crippen LogP contribution in [0.15, 0.2) is 6.07 Å². The van der Waals surface area contributed by atoms with Crippen LogP contribution < -0.4 is 0 Å². The van der Waals surface area contributed by atoms with Gasteiger partial charge in [0.1, 0.15) is 0 Å². The van der Waals surface area contributed by atoms with Crippen molar-refractivity contribution in [1.82, 2.24) is 0 Å². The SMILES string of the molecule is CCCc1cc(CCC)c(CCC)c(CCC)c1CCC. The number of hydrogen-bond acceptors (Lipinski definition) is 0. The van der Waals surface area contributed by atoms with Gasteiger partial charge >= 0.3 is 0 Å². The summed E-state index contributed by atoms with van der Waals surface area (Å²) in [7, 11) is 0. The Hall–Kier alpha value is -0.780. The van der Waals surface area contributed by atoms with Crippen molar-refractivity contribution >= 4 is 0 Å². The third-order valence-electron chi connectivity index (χ3n) is 4.39. The Labute approximate surface area is 133 Å². The number of aryl methyl sites for hydroxylation is 2. The molecule has 1 rings (SSSR count). The van der Waals surface area contributed by atoms with Gasteiger partial charge in [0.2, 0.25) is 0 Å².